The van der Waals surface area contributed by atoms with Crippen LogP contribution in [-0.2, 0) is 29.1 Å². The molecule has 0 unspecified atom stereocenters. The Kier molecular flexibility index (Phi) is 7.99. The average Bonchev–Trinajstić information content (AvgIpc) is 3.44. The van der Waals surface area contributed by atoms with E-state index in [9.17, 15) is 9.59 Å². The van der Waals surface area contributed by atoms with Gasteiger partial charge in [-0.25, -0.2) is 0 Å². The van der Waals surface area contributed by atoms with Gasteiger partial charge in [-0.3, -0.25) is 9.59 Å². The number of amides is 2. The third-order valence-corrected chi connectivity index (χ3v) is 6.57. The molecule has 192 valence electrons. The zero-order valence-electron chi connectivity index (χ0n) is 21.1. The largest absolute Gasteiger partial charge is 0.454 e. The Morgan fingerprint density at radius 2 is 1.37 bits per heavy atom. The number of carbonyl (C=O) groups excluding carboxylic acids is 2. The minimum Gasteiger partial charge on any atom is -0.454 e. The molecule has 1 aliphatic rings. The second kappa shape index (κ2) is 12.1. The van der Waals surface area contributed by atoms with Crippen LogP contribution in [0.5, 0.6) is 11.5 Å². The summed E-state index contributed by atoms with van der Waals surface area (Å²) in [6.07, 6.45) is 0.904. The lowest BCUT2D eigenvalue weighted by atomic mass is 10.0. The number of nitrogens with zero attached hydrogens (tertiary/aromatic N) is 1. The van der Waals surface area contributed by atoms with Crippen LogP contribution in [-0.4, -0.2) is 23.5 Å². The number of benzene rings is 4. The van der Waals surface area contributed by atoms with Crippen molar-refractivity contribution in [3.05, 3.63) is 131 Å². The lowest BCUT2D eigenvalue weighted by Crippen LogP contribution is -2.43. The topological polar surface area (TPSA) is 67.9 Å². The summed E-state index contributed by atoms with van der Waals surface area (Å²) in [6, 6.07) is 34.0. The highest BCUT2D eigenvalue weighted by Crippen LogP contribution is 2.32. The van der Waals surface area contributed by atoms with Crippen LogP contribution in [0.4, 0.5) is 0 Å². The fraction of sp³-hybridized carbons (Fsp3) is 0.188. The third-order valence-electron chi connectivity index (χ3n) is 6.57. The van der Waals surface area contributed by atoms with E-state index in [-0.39, 0.29) is 18.6 Å². The lowest BCUT2D eigenvalue weighted by Gasteiger charge is -2.32. The Morgan fingerprint density at radius 3 is 2.08 bits per heavy atom. The van der Waals surface area contributed by atoms with Gasteiger partial charge in [-0.1, -0.05) is 97.1 Å². The number of carbonyl (C=O) groups is 2. The van der Waals surface area contributed by atoms with Gasteiger partial charge in [0.25, 0.3) is 0 Å². The normalized spacial score (nSPS) is 12.5. The predicted molar refractivity (Wildman–Crippen MR) is 145 cm³/mol. The molecule has 0 spiro atoms. The maximum atomic E-state index is 13.8. The van der Waals surface area contributed by atoms with Crippen LogP contribution in [0.15, 0.2) is 109 Å². The molecule has 38 heavy (non-hydrogen) atoms. The number of fused-ring (bicyclic) bond motifs is 1. The summed E-state index contributed by atoms with van der Waals surface area (Å²) in [5.74, 6) is 1.04. The van der Waals surface area contributed by atoms with Crippen molar-refractivity contribution < 1.29 is 19.1 Å². The SMILES string of the molecule is O=C(NCc1ccc2c(c1)OCO2)[C@@H](c1ccccc1)N(Cc1ccccc1)C(=O)CCc1ccccc1. The summed E-state index contributed by atoms with van der Waals surface area (Å²) in [5.41, 5.74) is 3.70. The molecule has 5 rings (SSSR count). The fourth-order valence-electron chi connectivity index (χ4n) is 4.59. The van der Waals surface area contributed by atoms with E-state index in [0.717, 1.165) is 22.3 Å². The van der Waals surface area contributed by atoms with Crippen molar-refractivity contribution in [2.45, 2.75) is 32.0 Å². The van der Waals surface area contributed by atoms with Crippen molar-refractivity contribution in [3.8, 4) is 11.5 Å². The molecule has 1 aliphatic heterocycles. The quantitative estimate of drug-likeness (QED) is 0.311. The van der Waals surface area contributed by atoms with E-state index < -0.39 is 6.04 Å². The molecule has 0 aromatic heterocycles. The summed E-state index contributed by atoms with van der Waals surface area (Å²) >= 11 is 0. The van der Waals surface area contributed by atoms with Crippen LogP contribution >= 0.6 is 0 Å². The van der Waals surface area contributed by atoms with Crippen molar-refractivity contribution >= 4 is 11.8 Å². The third kappa shape index (κ3) is 6.21. The number of ether oxygens (including phenoxy) is 2. The molecule has 0 fully saturated rings. The Bertz CT molecular complexity index is 1360. The van der Waals surface area contributed by atoms with Gasteiger partial charge in [0.2, 0.25) is 18.6 Å². The van der Waals surface area contributed by atoms with Crippen LogP contribution < -0.4 is 14.8 Å². The minimum absolute atomic E-state index is 0.0789. The molecule has 6 heteroatoms. The summed E-state index contributed by atoms with van der Waals surface area (Å²) < 4.78 is 10.9. The summed E-state index contributed by atoms with van der Waals surface area (Å²) in [5, 5.41) is 3.05. The van der Waals surface area contributed by atoms with E-state index in [0.29, 0.717) is 37.4 Å². The van der Waals surface area contributed by atoms with Gasteiger partial charge in [-0.2, -0.15) is 0 Å². The first-order valence-corrected chi connectivity index (χ1v) is 12.8. The van der Waals surface area contributed by atoms with Gasteiger partial charge in [0.1, 0.15) is 6.04 Å². The van der Waals surface area contributed by atoms with Crippen LogP contribution in [0.25, 0.3) is 0 Å². The van der Waals surface area contributed by atoms with E-state index in [1.54, 1.807) is 4.90 Å². The van der Waals surface area contributed by atoms with E-state index in [4.69, 9.17) is 9.47 Å². The maximum absolute atomic E-state index is 13.8. The van der Waals surface area contributed by atoms with Crippen molar-refractivity contribution in [2.75, 3.05) is 6.79 Å². The van der Waals surface area contributed by atoms with Crippen molar-refractivity contribution in [1.29, 1.82) is 0 Å². The zero-order chi connectivity index (χ0) is 26.2. The van der Waals surface area contributed by atoms with Crippen LogP contribution in [0.3, 0.4) is 0 Å². The zero-order valence-corrected chi connectivity index (χ0v) is 21.1. The highest BCUT2D eigenvalue weighted by atomic mass is 16.7. The molecule has 0 aliphatic carbocycles. The van der Waals surface area contributed by atoms with Crippen LogP contribution in [0, 0.1) is 0 Å². The van der Waals surface area contributed by atoms with Crippen molar-refractivity contribution in [2.24, 2.45) is 0 Å². The molecule has 6 nitrogen and oxygen atoms in total. The maximum Gasteiger partial charge on any atom is 0.247 e. The monoisotopic (exact) mass is 506 g/mol. The molecule has 1 atom stereocenters. The highest BCUT2D eigenvalue weighted by molar-refractivity contribution is 5.88. The van der Waals surface area contributed by atoms with Gasteiger partial charge < -0.3 is 19.7 Å². The van der Waals surface area contributed by atoms with E-state index in [1.807, 2.05) is 109 Å². The molecule has 1 N–H and O–H groups in total. The number of nitrogens with one attached hydrogen (secondary N) is 1. The molecular weight excluding hydrogens is 476 g/mol. The molecule has 0 saturated carbocycles. The van der Waals surface area contributed by atoms with Gasteiger partial charge in [-0.15, -0.1) is 0 Å². The molecule has 0 radical (unpaired) electrons. The van der Waals surface area contributed by atoms with Gasteiger partial charge >= 0.3 is 0 Å². The minimum atomic E-state index is -0.784. The second-order valence-electron chi connectivity index (χ2n) is 9.21. The Morgan fingerprint density at radius 1 is 0.737 bits per heavy atom. The van der Waals surface area contributed by atoms with E-state index >= 15 is 0 Å². The molecule has 4 aromatic rings. The summed E-state index contributed by atoms with van der Waals surface area (Å²) in [7, 11) is 0. The fourth-order valence-corrected chi connectivity index (χ4v) is 4.59. The van der Waals surface area contributed by atoms with Crippen molar-refractivity contribution in [1.82, 2.24) is 10.2 Å². The Balaban J connectivity index is 1.40. The van der Waals surface area contributed by atoms with E-state index in [2.05, 4.69) is 5.32 Å². The molecular formula is C32H30N2O4. The first-order valence-electron chi connectivity index (χ1n) is 12.8. The Labute approximate surface area is 222 Å². The molecule has 2 amide bonds. The molecule has 1 heterocycles. The van der Waals surface area contributed by atoms with Gasteiger partial charge in [0.05, 0.1) is 0 Å². The number of hydrogen-bond donors (Lipinski definition) is 1. The number of aryl methyl sites for hydroxylation is 1. The van der Waals surface area contributed by atoms with Gasteiger partial charge in [-0.05, 0) is 40.8 Å². The molecule has 0 bridgehead atoms. The first kappa shape index (κ1) is 25.1. The second-order valence-corrected chi connectivity index (χ2v) is 9.21. The average molecular weight is 507 g/mol. The Hall–Kier alpha value is -4.58. The number of rotatable bonds is 10. The van der Waals surface area contributed by atoms with E-state index in [1.165, 1.54) is 0 Å². The molecule has 4 aromatic carbocycles. The van der Waals surface area contributed by atoms with Crippen molar-refractivity contribution in [3.63, 3.8) is 0 Å². The van der Waals surface area contributed by atoms with Crippen LogP contribution in [0.1, 0.15) is 34.7 Å². The summed E-state index contributed by atoms with van der Waals surface area (Å²) in [6.45, 7) is 0.822. The molecule has 0 saturated heterocycles. The number of hydrogen-bond acceptors (Lipinski definition) is 4. The predicted octanol–water partition coefficient (Wildman–Crippen LogP) is 5.43. The highest BCUT2D eigenvalue weighted by Gasteiger charge is 2.31. The lowest BCUT2D eigenvalue weighted by molar-refractivity contribution is -0.141. The van der Waals surface area contributed by atoms with Gasteiger partial charge in [0.15, 0.2) is 11.5 Å². The van der Waals surface area contributed by atoms with Crippen LogP contribution in [0.2, 0.25) is 0 Å². The standard InChI is InChI=1S/C32H30N2O4/c35-30(19-17-24-10-4-1-5-11-24)34(22-25-12-6-2-7-13-25)31(27-14-8-3-9-15-27)32(36)33-21-26-16-18-28-29(20-26)38-23-37-28/h1-16,18,20,31H,17,19,21-23H2,(H,33,36)/t31-/m1/s1. The summed E-state index contributed by atoms with van der Waals surface area (Å²) in [4.78, 5) is 29.3. The first-order chi connectivity index (χ1) is 18.7. The van der Waals surface area contributed by atoms with Gasteiger partial charge in [0, 0.05) is 19.5 Å². The smallest absolute Gasteiger partial charge is 0.247 e.